The van der Waals surface area contributed by atoms with E-state index < -0.39 is 0 Å². The Morgan fingerprint density at radius 1 is 1.28 bits per heavy atom. The Bertz CT molecular complexity index is 450. The van der Waals surface area contributed by atoms with Gasteiger partial charge in [-0.1, -0.05) is 0 Å². The second-order valence-corrected chi connectivity index (χ2v) is 4.90. The van der Waals surface area contributed by atoms with Crippen LogP contribution in [0.4, 0.5) is 0 Å². The summed E-state index contributed by atoms with van der Waals surface area (Å²) < 4.78 is 5.03. The predicted molar refractivity (Wildman–Crippen MR) is 66.1 cm³/mol. The number of furan rings is 1. The van der Waals surface area contributed by atoms with Crippen molar-refractivity contribution in [2.75, 3.05) is 0 Å². The van der Waals surface area contributed by atoms with E-state index in [-0.39, 0.29) is 34.8 Å². The van der Waals surface area contributed by atoms with Crippen molar-refractivity contribution < 1.29 is 14.0 Å². The Labute approximate surface area is 110 Å². The fourth-order valence-electron chi connectivity index (χ4n) is 2.22. The molecule has 1 aromatic heterocycles. The van der Waals surface area contributed by atoms with Crippen molar-refractivity contribution in [3.8, 4) is 0 Å². The maximum atomic E-state index is 11.8. The zero-order valence-electron chi connectivity index (χ0n) is 9.82. The van der Waals surface area contributed by atoms with Crippen LogP contribution in [0.5, 0.6) is 0 Å². The lowest BCUT2D eigenvalue weighted by atomic mass is 9.85. The molecule has 5 nitrogen and oxygen atoms in total. The van der Waals surface area contributed by atoms with Crippen LogP contribution in [-0.2, 0) is 4.79 Å². The third-order valence-electron chi connectivity index (χ3n) is 3.26. The molecule has 1 heterocycles. The van der Waals surface area contributed by atoms with E-state index in [0.717, 1.165) is 25.7 Å². The summed E-state index contributed by atoms with van der Waals surface area (Å²) in [6.07, 6.45) is 2.96. The first-order valence-corrected chi connectivity index (χ1v) is 6.29. The molecule has 1 aromatic rings. The van der Waals surface area contributed by atoms with Gasteiger partial charge in [0.2, 0.25) is 5.91 Å². The summed E-state index contributed by atoms with van der Waals surface area (Å²) in [5, 5.41) is 3.06. The van der Waals surface area contributed by atoms with Crippen LogP contribution in [0.2, 0.25) is 5.22 Å². The SMILES string of the molecule is NC(=O)C1CCC(NC(=O)c2ccc(Cl)o2)CC1. The number of halogens is 1. The summed E-state index contributed by atoms with van der Waals surface area (Å²) >= 11 is 5.60. The number of nitrogens with two attached hydrogens (primary N) is 1. The molecule has 0 aromatic carbocycles. The fraction of sp³-hybridized carbons (Fsp3) is 0.500. The molecule has 98 valence electrons. The van der Waals surface area contributed by atoms with Gasteiger partial charge in [-0.3, -0.25) is 9.59 Å². The molecule has 1 aliphatic rings. The van der Waals surface area contributed by atoms with Gasteiger partial charge in [0.25, 0.3) is 5.91 Å². The molecule has 0 aliphatic heterocycles. The topological polar surface area (TPSA) is 85.3 Å². The summed E-state index contributed by atoms with van der Waals surface area (Å²) in [5.41, 5.74) is 5.25. The smallest absolute Gasteiger partial charge is 0.287 e. The summed E-state index contributed by atoms with van der Waals surface area (Å²) in [5.74, 6) is -0.379. The number of amides is 2. The Morgan fingerprint density at radius 3 is 2.44 bits per heavy atom. The molecule has 0 radical (unpaired) electrons. The van der Waals surface area contributed by atoms with Gasteiger partial charge in [0.15, 0.2) is 11.0 Å². The van der Waals surface area contributed by atoms with Gasteiger partial charge in [-0.25, -0.2) is 0 Å². The van der Waals surface area contributed by atoms with Crippen LogP contribution in [0, 0.1) is 5.92 Å². The first-order valence-electron chi connectivity index (χ1n) is 5.92. The summed E-state index contributed by atoms with van der Waals surface area (Å²) in [4.78, 5) is 22.8. The number of rotatable bonds is 3. The molecule has 3 N–H and O–H groups in total. The maximum Gasteiger partial charge on any atom is 0.287 e. The van der Waals surface area contributed by atoms with Crippen molar-refractivity contribution >= 4 is 23.4 Å². The zero-order chi connectivity index (χ0) is 13.1. The van der Waals surface area contributed by atoms with Crippen molar-refractivity contribution in [1.29, 1.82) is 0 Å². The van der Waals surface area contributed by atoms with Crippen molar-refractivity contribution in [1.82, 2.24) is 5.32 Å². The number of nitrogens with one attached hydrogen (secondary N) is 1. The molecule has 1 saturated carbocycles. The first-order chi connectivity index (χ1) is 8.56. The van der Waals surface area contributed by atoms with Crippen molar-refractivity contribution in [3.05, 3.63) is 23.1 Å². The summed E-state index contributed by atoms with van der Waals surface area (Å²) in [6.45, 7) is 0. The molecule has 6 heteroatoms. The average Bonchev–Trinajstić information content (AvgIpc) is 2.76. The minimum atomic E-state index is -0.274. The van der Waals surface area contributed by atoms with Crippen LogP contribution in [0.1, 0.15) is 36.2 Å². The summed E-state index contributed by atoms with van der Waals surface area (Å²) in [7, 11) is 0. The van der Waals surface area contributed by atoms with Gasteiger partial charge in [-0.2, -0.15) is 0 Å². The Morgan fingerprint density at radius 2 is 1.94 bits per heavy atom. The third-order valence-corrected chi connectivity index (χ3v) is 3.46. The molecule has 0 spiro atoms. The second-order valence-electron chi connectivity index (χ2n) is 4.53. The Hall–Kier alpha value is -1.49. The molecular formula is C12H15ClN2O3. The highest BCUT2D eigenvalue weighted by Crippen LogP contribution is 2.24. The van der Waals surface area contributed by atoms with E-state index in [2.05, 4.69) is 5.32 Å². The zero-order valence-corrected chi connectivity index (χ0v) is 10.6. The molecule has 2 rings (SSSR count). The van der Waals surface area contributed by atoms with Crippen LogP contribution in [0.15, 0.2) is 16.5 Å². The fourth-order valence-corrected chi connectivity index (χ4v) is 2.36. The van der Waals surface area contributed by atoms with E-state index in [4.69, 9.17) is 21.8 Å². The van der Waals surface area contributed by atoms with Crippen molar-refractivity contribution in [3.63, 3.8) is 0 Å². The highest BCUT2D eigenvalue weighted by Gasteiger charge is 2.26. The minimum absolute atomic E-state index is 0.0591. The first kappa shape index (κ1) is 13.0. The predicted octanol–water partition coefficient (Wildman–Crippen LogP) is 1.71. The Balaban J connectivity index is 1.85. The van der Waals surface area contributed by atoms with E-state index in [1.807, 2.05) is 0 Å². The molecule has 0 bridgehead atoms. The number of primary amides is 1. The lowest BCUT2D eigenvalue weighted by Crippen LogP contribution is -2.39. The van der Waals surface area contributed by atoms with Gasteiger partial charge in [-0.15, -0.1) is 0 Å². The molecular weight excluding hydrogens is 256 g/mol. The lowest BCUT2D eigenvalue weighted by Gasteiger charge is -2.26. The minimum Gasteiger partial charge on any atom is -0.440 e. The van der Waals surface area contributed by atoms with E-state index >= 15 is 0 Å². The van der Waals surface area contributed by atoms with Gasteiger partial charge < -0.3 is 15.5 Å². The second kappa shape index (κ2) is 5.44. The molecule has 1 fully saturated rings. The van der Waals surface area contributed by atoms with Crippen LogP contribution >= 0.6 is 11.6 Å². The number of hydrogen-bond acceptors (Lipinski definition) is 3. The van der Waals surface area contributed by atoms with Crippen molar-refractivity contribution in [2.24, 2.45) is 11.7 Å². The molecule has 2 amide bonds. The number of carbonyl (C=O) groups excluding carboxylic acids is 2. The van der Waals surface area contributed by atoms with Gasteiger partial charge in [0.1, 0.15) is 0 Å². The van der Waals surface area contributed by atoms with E-state index in [1.165, 1.54) is 12.1 Å². The number of carbonyl (C=O) groups is 2. The molecule has 0 unspecified atom stereocenters. The highest BCUT2D eigenvalue weighted by molar-refractivity contribution is 6.29. The van der Waals surface area contributed by atoms with Gasteiger partial charge in [0, 0.05) is 12.0 Å². The largest absolute Gasteiger partial charge is 0.440 e. The normalized spacial score (nSPS) is 23.6. The molecule has 0 atom stereocenters. The molecule has 0 saturated heterocycles. The molecule has 1 aliphatic carbocycles. The highest BCUT2D eigenvalue weighted by atomic mass is 35.5. The van der Waals surface area contributed by atoms with Crippen LogP contribution < -0.4 is 11.1 Å². The van der Waals surface area contributed by atoms with Crippen LogP contribution in [0.25, 0.3) is 0 Å². The quantitative estimate of drug-likeness (QED) is 0.877. The summed E-state index contributed by atoms with van der Waals surface area (Å²) in [6, 6.07) is 3.13. The van der Waals surface area contributed by atoms with Crippen LogP contribution in [-0.4, -0.2) is 17.9 Å². The molecule has 18 heavy (non-hydrogen) atoms. The van der Waals surface area contributed by atoms with Gasteiger partial charge in [0.05, 0.1) is 0 Å². The van der Waals surface area contributed by atoms with Crippen LogP contribution in [0.3, 0.4) is 0 Å². The Kier molecular flexibility index (Phi) is 3.91. The van der Waals surface area contributed by atoms with Gasteiger partial charge >= 0.3 is 0 Å². The standard InChI is InChI=1S/C12H15ClN2O3/c13-10-6-5-9(18-10)12(17)15-8-3-1-7(2-4-8)11(14)16/h5-8H,1-4H2,(H2,14,16)(H,15,17). The number of hydrogen-bond donors (Lipinski definition) is 2. The lowest BCUT2D eigenvalue weighted by molar-refractivity contribution is -0.122. The third kappa shape index (κ3) is 3.04. The van der Waals surface area contributed by atoms with Gasteiger partial charge in [-0.05, 0) is 49.4 Å². The van der Waals surface area contributed by atoms with E-state index in [0.29, 0.717) is 0 Å². The average molecular weight is 271 g/mol. The maximum absolute atomic E-state index is 11.8. The van der Waals surface area contributed by atoms with E-state index in [9.17, 15) is 9.59 Å². The van der Waals surface area contributed by atoms with Crippen molar-refractivity contribution in [2.45, 2.75) is 31.7 Å². The monoisotopic (exact) mass is 270 g/mol. The van der Waals surface area contributed by atoms with E-state index in [1.54, 1.807) is 0 Å².